The van der Waals surface area contributed by atoms with Crippen molar-refractivity contribution in [3.63, 3.8) is 0 Å². The van der Waals surface area contributed by atoms with Crippen molar-refractivity contribution in [1.82, 2.24) is 5.32 Å². The maximum Gasteiger partial charge on any atom is 0.263 e. The summed E-state index contributed by atoms with van der Waals surface area (Å²) in [5.74, 6) is -0.812. The molecule has 0 aliphatic carbocycles. The highest BCUT2D eigenvalue weighted by Gasteiger charge is 2.06. The highest BCUT2D eigenvalue weighted by Crippen LogP contribution is 2.02. The summed E-state index contributed by atoms with van der Waals surface area (Å²) in [6.07, 6.45) is 0. The number of amides is 1. The zero-order valence-electron chi connectivity index (χ0n) is 7.41. The van der Waals surface area contributed by atoms with Crippen LogP contribution in [0.15, 0.2) is 24.3 Å². The molecule has 0 aliphatic heterocycles. The van der Waals surface area contributed by atoms with Gasteiger partial charge in [0.25, 0.3) is 11.1 Å². The van der Waals surface area contributed by atoms with Crippen molar-refractivity contribution in [3.8, 4) is 0 Å². The topological polar surface area (TPSA) is 38.3 Å². The van der Waals surface area contributed by atoms with Gasteiger partial charge >= 0.3 is 0 Å². The van der Waals surface area contributed by atoms with Crippen LogP contribution in [0.3, 0.4) is 0 Å². The molecular weight excluding hydrogens is 205 g/mol. The third-order valence-electron chi connectivity index (χ3n) is 1.51. The van der Waals surface area contributed by atoms with Gasteiger partial charge in [-0.05, 0) is 36.5 Å². The number of carbonyl (C=O) groups excluding carboxylic acids is 1. The first-order valence-corrected chi connectivity index (χ1v) is 4.19. The van der Waals surface area contributed by atoms with Gasteiger partial charge in [-0.1, -0.05) is 0 Å². The van der Waals surface area contributed by atoms with Crippen molar-refractivity contribution in [2.45, 2.75) is 0 Å². The van der Waals surface area contributed by atoms with E-state index in [4.69, 9.17) is 0 Å². The van der Waals surface area contributed by atoms with Crippen LogP contribution in [0.5, 0.6) is 0 Å². The molecule has 1 amide bonds. The van der Waals surface area contributed by atoms with E-state index in [1.165, 1.54) is 31.4 Å². The van der Waals surface area contributed by atoms with Crippen LogP contribution in [-0.4, -0.2) is 18.2 Å². The zero-order chi connectivity index (χ0) is 10.6. The van der Waals surface area contributed by atoms with Crippen LogP contribution in [0, 0.1) is 5.82 Å². The first-order chi connectivity index (χ1) is 6.63. The van der Waals surface area contributed by atoms with E-state index in [9.17, 15) is 9.18 Å². The minimum absolute atomic E-state index is 0.0145. The molecule has 0 atom stereocenters. The third-order valence-corrected chi connectivity index (χ3v) is 1.78. The second kappa shape index (κ2) is 4.66. The number of methoxy groups -OCH3 is 1. The summed E-state index contributed by atoms with van der Waals surface area (Å²) in [5, 5.41) is 2.30. The molecule has 0 heterocycles. The average Bonchev–Trinajstić information content (AvgIpc) is 2.18. The van der Waals surface area contributed by atoms with E-state index in [1.54, 1.807) is 0 Å². The Kier molecular flexibility index (Phi) is 3.53. The van der Waals surface area contributed by atoms with Gasteiger partial charge in [0.2, 0.25) is 0 Å². The lowest BCUT2D eigenvalue weighted by Gasteiger charge is -2.04. The van der Waals surface area contributed by atoms with Crippen LogP contribution in [0.25, 0.3) is 0 Å². The van der Waals surface area contributed by atoms with Crippen molar-refractivity contribution in [3.05, 3.63) is 35.6 Å². The fourth-order valence-corrected chi connectivity index (χ4v) is 0.910. The van der Waals surface area contributed by atoms with E-state index in [2.05, 4.69) is 22.3 Å². The smallest absolute Gasteiger partial charge is 0.263 e. The predicted molar refractivity (Wildman–Crippen MR) is 53.5 cm³/mol. The summed E-state index contributed by atoms with van der Waals surface area (Å²) in [7, 11) is 1.35. The van der Waals surface area contributed by atoms with Crippen molar-refractivity contribution in [2.24, 2.45) is 0 Å². The summed E-state index contributed by atoms with van der Waals surface area (Å²) in [6, 6.07) is 5.13. The Balaban J connectivity index is 2.70. The second-order valence-electron chi connectivity index (χ2n) is 2.45. The van der Waals surface area contributed by atoms with E-state index in [0.717, 1.165) is 0 Å². The molecule has 1 N–H and O–H groups in total. The molecule has 0 aromatic heterocycles. The molecule has 0 spiro atoms. The van der Waals surface area contributed by atoms with E-state index in [-0.39, 0.29) is 5.17 Å². The lowest BCUT2D eigenvalue weighted by Crippen LogP contribution is -2.29. The molecule has 74 valence electrons. The molecular formula is C9H8FNO2S. The number of hydrogen-bond acceptors (Lipinski definition) is 3. The van der Waals surface area contributed by atoms with Gasteiger partial charge in [0.05, 0.1) is 7.11 Å². The minimum atomic E-state index is -0.420. The minimum Gasteiger partial charge on any atom is -0.474 e. The largest absolute Gasteiger partial charge is 0.474 e. The number of nitrogens with one attached hydrogen (secondary N) is 1. The molecule has 0 aliphatic rings. The zero-order valence-corrected chi connectivity index (χ0v) is 8.23. The Labute approximate surface area is 85.9 Å². The van der Waals surface area contributed by atoms with Gasteiger partial charge in [-0.15, -0.1) is 0 Å². The third kappa shape index (κ3) is 2.77. The number of halogens is 1. The fraction of sp³-hybridized carbons (Fsp3) is 0.111. The van der Waals surface area contributed by atoms with Gasteiger partial charge in [0.15, 0.2) is 0 Å². The lowest BCUT2D eigenvalue weighted by molar-refractivity contribution is 0.0970. The van der Waals surface area contributed by atoms with Crippen molar-refractivity contribution >= 4 is 23.3 Å². The Morgan fingerprint density at radius 3 is 2.50 bits per heavy atom. The SMILES string of the molecule is COC(=S)NC(=O)c1ccc(F)cc1. The van der Waals surface area contributed by atoms with Gasteiger partial charge < -0.3 is 4.74 Å². The van der Waals surface area contributed by atoms with Crippen LogP contribution < -0.4 is 5.32 Å². The standard InChI is InChI=1S/C9H8FNO2S/c1-13-9(14)11-8(12)6-2-4-7(10)5-3-6/h2-5H,1H3,(H,11,12,14). The first kappa shape index (κ1) is 10.6. The quantitative estimate of drug-likeness (QED) is 0.718. The number of rotatable bonds is 1. The van der Waals surface area contributed by atoms with Crippen molar-refractivity contribution < 1.29 is 13.9 Å². The lowest BCUT2D eigenvalue weighted by atomic mass is 10.2. The van der Waals surface area contributed by atoms with E-state index in [0.29, 0.717) is 5.56 Å². The Morgan fingerprint density at radius 1 is 1.43 bits per heavy atom. The average molecular weight is 213 g/mol. The maximum absolute atomic E-state index is 12.5. The van der Waals surface area contributed by atoms with E-state index < -0.39 is 11.7 Å². The fourth-order valence-electron chi connectivity index (χ4n) is 0.817. The molecule has 0 bridgehead atoms. The number of thiocarbonyl (C=S) groups is 1. The maximum atomic E-state index is 12.5. The van der Waals surface area contributed by atoms with Crippen molar-refractivity contribution in [2.75, 3.05) is 7.11 Å². The molecule has 0 fully saturated rings. The summed E-state index contributed by atoms with van der Waals surface area (Å²) < 4.78 is 17.1. The van der Waals surface area contributed by atoms with E-state index in [1.807, 2.05) is 0 Å². The van der Waals surface area contributed by atoms with Gasteiger partial charge in [0.1, 0.15) is 5.82 Å². The molecule has 1 aromatic rings. The highest BCUT2D eigenvalue weighted by atomic mass is 32.1. The molecule has 0 saturated heterocycles. The van der Waals surface area contributed by atoms with Crippen LogP contribution >= 0.6 is 12.2 Å². The Bertz CT molecular complexity index is 350. The van der Waals surface area contributed by atoms with Crippen molar-refractivity contribution in [1.29, 1.82) is 0 Å². The normalized spacial score (nSPS) is 9.29. The number of benzene rings is 1. The summed E-state index contributed by atoms with van der Waals surface area (Å²) >= 11 is 4.63. The number of carbonyl (C=O) groups is 1. The molecule has 3 nitrogen and oxygen atoms in total. The van der Waals surface area contributed by atoms with Crippen LogP contribution in [0.2, 0.25) is 0 Å². The first-order valence-electron chi connectivity index (χ1n) is 3.78. The van der Waals surface area contributed by atoms with Gasteiger partial charge in [-0.2, -0.15) is 0 Å². The predicted octanol–water partition coefficient (Wildman–Crippen LogP) is 1.49. The summed E-state index contributed by atoms with van der Waals surface area (Å²) in [4.78, 5) is 11.3. The number of hydrogen-bond donors (Lipinski definition) is 1. The molecule has 0 saturated carbocycles. The molecule has 0 radical (unpaired) electrons. The van der Waals surface area contributed by atoms with Gasteiger partial charge in [-0.25, -0.2) is 4.39 Å². The molecule has 1 aromatic carbocycles. The Hall–Kier alpha value is -1.49. The second-order valence-corrected chi connectivity index (χ2v) is 2.82. The van der Waals surface area contributed by atoms with Crippen LogP contribution in [0.4, 0.5) is 4.39 Å². The van der Waals surface area contributed by atoms with Crippen LogP contribution in [-0.2, 0) is 4.74 Å². The summed E-state index contributed by atoms with van der Waals surface area (Å²) in [5.41, 5.74) is 0.325. The monoisotopic (exact) mass is 213 g/mol. The Morgan fingerprint density at radius 2 is 2.00 bits per heavy atom. The van der Waals surface area contributed by atoms with Gasteiger partial charge in [-0.3, -0.25) is 10.1 Å². The molecule has 0 unspecified atom stereocenters. The number of ether oxygens (including phenoxy) is 1. The molecule has 5 heteroatoms. The molecule has 14 heavy (non-hydrogen) atoms. The molecule has 1 rings (SSSR count). The van der Waals surface area contributed by atoms with Crippen LogP contribution in [0.1, 0.15) is 10.4 Å². The summed E-state index contributed by atoms with van der Waals surface area (Å²) in [6.45, 7) is 0. The van der Waals surface area contributed by atoms with E-state index >= 15 is 0 Å². The van der Waals surface area contributed by atoms with Gasteiger partial charge in [0, 0.05) is 5.56 Å². The highest BCUT2D eigenvalue weighted by molar-refractivity contribution is 7.80.